The summed E-state index contributed by atoms with van der Waals surface area (Å²) in [6.45, 7) is 2.03. The molecule has 15 heavy (non-hydrogen) atoms. The molecule has 0 amide bonds. The highest BCUT2D eigenvalue weighted by Gasteiger charge is 2.06. The number of ketones is 1. The van der Waals surface area contributed by atoms with Crippen LogP contribution in [0, 0.1) is 0 Å². The average molecular weight is 204 g/mol. The Bertz CT molecular complexity index is 370. The third-order valence-electron chi connectivity index (χ3n) is 2.08. The van der Waals surface area contributed by atoms with E-state index < -0.39 is 0 Å². The molecule has 0 bridgehead atoms. The van der Waals surface area contributed by atoms with Crippen LogP contribution in [-0.4, -0.2) is 29.8 Å². The molecule has 0 radical (unpaired) electrons. The van der Waals surface area contributed by atoms with E-state index in [0.29, 0.717) is 5.56 Å². The van der Waals surface area contributed by atoms with Gasteiger partial charge in [-0.15, -0.1) is 0 Å². The fraction of sp³-hybridized carbons (Fsp3) is 0.333. The molecule has 0 aromatic carbocycles. The van der Waals surface area contributed by atoms with Gasteiger partial charge < -0.3 is 4.90 Å². The van der Waals surface area contributed by atoms with Crippen molar-refractivity contribution in [3.05, 3.63) is 41.9 Å². The van der Waals surface area contributed by atoms with Gasteiger partial charge in [-0.05, 0) is 18.1 Å². The lowest BCUT2D eigenvalue weighted by Gasteiger charge is -2.05. The van der Waals surface area contributed by atoms with Crippen LogP contribution < -0.4 is 0 Å². The van der Waals surface area contributed by atoms with E-state index >= 15 is 0 Å². The van der Waals surface area contributed by atoms with Crippen molar-refractivity contribution in [1.29, 1.82) is 0 Å². The Morgan fingerprint density at radius 3 is 2.87 bits per heavy atom. The molecule has 0 N–H and O–H groups in total. The number of pyridine rings is 1. The quantitative estimate of drug-likeness (QED) is 0.555. The Balaban J connectivity index is 2.91. The van der Waals surface area contributed by atoms with E-state index in [1.165, 1.54) is 0 Å². The Kier molecular flexibility index (Phi) is 4.03. The summed E-state index contributed by atoms with van der Waals surface area (Å²) in [6, 6.07) is 1.89. The molecule has 1 aromatic heterocycles. The number of carbonyl (C=O) groups excluding carboxylic acids is 1. The second-order valence-electron chi connectivity index (χ2n) is 3.53. The van der Waals surface area contributed by atoms with E-state index in [1.54, 1.807) is 24.7 Å². The minimum Gasteiger partial charge on any atom is -0.383 e. The van der Waals surface area contributed by atoms with Crippen molar-refractivity contribution in [3.63, 3.8) is 0 Å². The van der Waals surface area contributed by atoms with Crippen LogP contribution in [0.15, 0.2) is 30.7 Å². The molecule has 0 aliphatic carbocycles. The van der Waals surface area contributed by atoms with Crippen molar-refractivity contribution < 1.29 is 4.79 Å². The van der Waals surface area contributed by atoms with E-state index in [2.05, 4.69) is 4.98 Å². The highest BCUT2D eigenvalue weighted by Crippen LogP contribution is 2.09. The molecule has 1 aromatic rings. The van der Waals surface area contributed by atoms with Crippen LogP contribution in [-0.2, 0) is 6.42 Å². The van der Waals surface area contributed by atoms with Gasteiger partial charge in [0.2, 0.25) is 0 Å². The van der Waals surface area contributed by atoms with Gasteiger partial charge in [0, 0.05) is 44.3 Å². The van der Waals surface area contributed by atoms with Gasteiger partial charge in [-0.1, -0.05) is 6.92 Å². The maximum Gasteiger partial charge on any atom is 0.189 e. The number of hydrogen-bond acceptors (Lipinski definition) is 3. The zero-order valence-electron chi connectivity index (χ0n) is 9.40. The minimum atomic E-state index is 0.00801. The summed E-state index contributed by atoms with van der Waals surface area (Å²) < 4.78 is 0. The van der Waals surface area contributed by atoms with Crippen molar-refractivity contribution in [2.24, 2.45) is 0 Å². The van der Waals surface area contributed by atoms with Gasteiger partial charge in [0.05, 0.1) is 0 Å². The van der Waals surface area contributed by atoms with E-state index in [0.717, 1.165) is 12.0 Å². The Morgan fingerprint density at radius 2 is 2.27 bits per heavy atom. The lowest BCUT2D eigenvalue weighted by atomic mass is 10.0. The van der Waals surface area contributed by atoms with E-state index in [-0.39, 0.29) is 5.78 Å². The largest absolute Gasteiger partial charge is 0.383 e. The lowest BCUT2D eigenvalue weighted by molar-refractivity contribution is 0.104. The van der Waals surface area contributed by atoms with Crippen LogP contribution in [0.2, 0.25) is 0 Å². The summed E-state index contributed by atoms with van der Waals surface area (Å²) in [7, 11) is 3.77. The second kappa shape index (κ2) is 5.29. The fourth-order valence-corrected chi connectivity index (χ4v) is 1.26. The van der Waals surface area contributed by atoms with Crippen molar-refractivity contribution in [3.8, 4) is 0 Å². The first-order chi connectivity index (χ1) is 7.15. The van der Waals surface area contributed by atoms with Gasteiger partial charge in [0.1, 0.15) is 0 Å². The van der Waals surface area contributed by atoms with Crippen LogP contribution >= 0.6 is 0 Å². The molecule has 0 saturated heterocycles. The van der Waals surface area contributed by atoms with Gasteiger partial charge in [0.25, 0.3) is 0 Å². The average Bonchev–Trinajstić information content (AvgIpc) is 2.25. The molecule has 3 heteroatoms. The standard InChI is InChI=1S/C12H16N2O/c1-4-10-5-7-13-9-11(10)12(15)6-8-14(2)3/h5-9H,4H2,1-3H3/b8-6+. The van der Waals surface area contributed by atoms with Crippen LogP contribution in [0.25, 0.3) is 0 Å². The molecule has 0 unspecified atom stereocenters. The molecule has 0 fully saturated rings. The lowest BCUT2D eigenvalue weighted by Crippen LogP contribution is -2.05. The number of rotatable bonds is 4. The van der Waals surface area contributed by atoms with Gasteiger partial charge in [-0.2, -0.15) is 0 Å². The predicted molar refractivity (Wildman–Crippen MR) is 60.8 cm³/mol. The van der Waals surface area contributed by atoms with Gasteiger partial charge in [0.15, 0.2) is 5.78 Å². The van der Waals surface area contributed by atoms with Crippen molar-refractivity contribution in [2.75, 3.05) is 14.1 Å². The smallest absolute Gasteiger partial charge is 0.189 e. The first-order valence-corrected chi connectivity index (χ1v) is 4.97. The van der Waals surface area contributed by atoms with E-state index in [9.17, 15) is 4.79 Å². The SMILES string of the molecule is CCc1ccncc1C(=O)/C=C/N(C)C. The molecule has 0 spiro atoms. The van der Waals surface area contributed by atoms with E-state index in [1.807, 2.05) is 32.0 Å². The van der Waals surface area contributed by atoms with Gasteiger partial charge in [-0.25, -0.2) is 0 Å². The molecule has 0 atom stereocenters. The zero-order valence-corrected chi connectivity index (χ0v) is 9.40. The predicted octanol–water partition coefficient (Wildman–Crippen LogP) is 1.90. The highest BCUT2D eigenvalue weighted by molar-refractivity contribution is 6.05. The van der Waals surface area contributed by atoms with E-state index in [4.69, 9.17) is 0 Å². The van der Waals surface area contributed by atoms with Crippen LogP contribution in [0.5, 0.6) is 0 Å². The molecule has 80 valence electrons. The number of aromatic nitrogens is 1. The van der Waals surface area contributed by atoms with Crippen molar-refractivity contribution in [1.82, 2.24) is 9.88 Å². The first-order valence-electron chi connectivity index (χ1n) is 4.97. The topological polar surface area (TPSA) is 33.2 Å². The highest BCUT2D eigenvalue weighted by atomic mass is 16.1. The monoisotopic (exact) mass is 204 g/mol. The second-order valence-corrected chi connectivity index (χ2v) is 3.53. The number of aryl methyl sites for hydroxylation is 1. The molecular weight excluding hydrogens is 188 g/mol. The molecule has 1 rings (SSSR count). The first kappa shape index (κ1) is 11.4. The third-order valence-corrected chi connectivity index (χ3v) is 2.08. The number of nitrogens with zero attached hydrogens (tertiary/aromatic N) is 2. The van der Waals surface area contributed by atoms with Gasteiger partial charge >= 0.3 is 0 Å². The Hall–Kier alpha value is -1.64. The van der Waals surface area contributed by atoms with Crippen molar-refractivity contribution in [2.45, 2.75) is 13.3 Å². The van der Waals surface area contributed by atoms with Crippen LogP contribution in [0.4, 0.5) is 0 Å². The van der Waals surface area contributed by atoms with Crippen LogP contribution in [0.3, 0.4) is 0 Å². The minimum absolute atomic E-state index is 0.00801. The molecule has 0 saturated carbocycles. The number of hydrogen-bond donors (Lipinski definition) is 0. The maximum absolute atomic E-state index is 11.8. The van der Waals surface area contributed by atoms with Crippen LogP contribution in [0.1, 0.15) is 22.8 Å². The number of carbonyl (C=O) groups is 1. The third kappa shape index (κ3) is 3.20. The summed E-state index contributed by atoms with van der Waals surface area (Å²) in [5.41, 5.74) is 1.73. The summed E-state index contributed by atoms with van der Waals surface area (Å²) in [5.74, 6) is 0.00801. The van der Waals surface area contributed by atoms with Gasteiger partial charge in [-0.3, -0.25) is 9.78 Å². The number of allylic oxidation sites excluding steroid dienone is 1. The fourth-order valence-electron chi connectivity index (χ4n) is 1.26. The Labute approximate surface area is 90.4 Å². The normalized spacial score (nSPS) is 10.6. The summed E-state index contributed by atoms with van der Waals surface area (Å²) in [5, 5.41) is 0. The molecule has 0 aliphatic rings. The molecule has 3 nitrogen and oxygen atoms in total. The summed E-state index contributed by atoms with van der Waals surface area (Å²) >= 11 is 0. The van der Waals surface area contributed by atoms with Crippen molar-refractivity contribution >= 4 is 5.78 Å². The molecule has 0 aliphatic heterocycles. The molecular formula is C12H16N2O. The zero-order chi connectivity index (χ0) is 11.3. The summed E-state index contributed by atoms with van der Waals surface area (Å²) in [6.07, 6.45) is 7.50. The Morgan fingerprint density at radius 1 is 1.53 bits per heavy atom. The summed E-state index contributed by atoms with van der Waals surface area (Å²) in [4.78, 5) is 17.6. The maximum atomic E-state index is 11.8. The molecule has 1 heterocycles.